The van der Waals surface area contributed by atoms with Gasteiger partial charge in [0.15, 0.2) is 11.5 Å². The van der Waals surface area contributed by atoms with E-state index in [1.807, 2.05) is 19.1 Å². The predicted molar refractivity (Wildman–Crippen MR) is 147 cm³/mol. The number of nitrogens with two attached hydrogens (primary N) is 1. The maximum atomic E-state index is 12.2. The van der Waals surface area contributed by atoms with E-state index < -0.39 is 5.91 Å². The van der Waals surface area contributed by atoms with E-state index in [0.29, 0.717) is 6.54 Å². The number of hydrogen-bond acceptors (Lipinski definition) is 8. The number of carbonyl (C=O) groups is 2. The van der Waals surface area contributed by atoms with Gasteiger partial charge in [0.1, 0.15) is 0 Å². The summed E-state index contributed by atoms with van der Waals surface area (Å²) in [6, 6.07) is 9.01. The number of likely N-dealkylation sites (tertiary alicyclic amines) is 2. The number of primary amides is 1. The summed E-state index contributed by atoms with van der Waals surface area (Å²) in [4.78, 5) is 33.2. The van der Waals surface area contributed by atoms with E-state index in [0.717, 1.165) is 50.5 Å². The second kappa shape index (κ2) is 10.7. The molecule has 4 N–H and O–H groups in total. The van der Waals surface area contributed by atoms with Gasteiger partial charge in [-0.3, -0.25) is 9.59 Å². The molecule has 3 fully saturated rings. The Kier molecular flexibility index (Phi) is 7.34. The Hall–Kier alpha value is -3.53. The lowest BCUT2D eigenvalue weighted by Crippen LogP contribution is -2.51. The normalized spacial score (nSPS) is 23.5. The number of rotatable bonds is 8. The largest absolute Gasteiger partial charge is 0.364 e. The van der Waals surface area contributed by atoms with Crippen molar-refractivity contribution in [3.05, 3.63) is 48.2 Å². The number of nitrogens with one attached hydrogen (secondary N) is 2. The van der Waals surface area contributed by atoms with Gasteiger partial charge in [-0.15, -0.1) is 10.2 Å². The van der Waals surface area contributed by atoms with Crippen LogP contribution in [0.1, 0.15) is 68.4 Å². The van der Waals surface area contributed by atoms with Crippen molar-refractivity contribution in [3.63, 3.8) is 0 Å². The summed E-state index contributed by atoms with van der Waals surface area (Å²) < 4.78 is 0. The molecule has 0 bridgehead atoms. The van der Waals surface area contributed by atoms with E-state index in [2.05, 4.69) is 56.4 Å². The lowest BCUT2D eigenvalue weighted by molar-refractivity contribution is -0.129. The molecule has 202 valence electrons. The first-order chi connectivity index (χ1) is 18.3. The third-order valence-electron chi connectivity index (χ3n) is 8.49. The van der Waals surface area contributed by atoms with Crippen LogP contribution in [-0.2, 0) is 10.2 Å². The average molecular weight is 519 g/mol. The van der Waals surface area contributed by atoms with Gasteiger partial charge in [-0.05, 0) is 87.7 Å². The zero-order valence-corrected chi connectivity index (χ0v) is 22.3. The third-order valence-corrected chi connectivity index (χ3v) is 8.49. The summed E-state index contributed by atoms with van der Waals surface area (Å²) >= 11 is 0. The highest BCUT2D eigenvalue weighted by atomic mass is 16.2. The second-order valence-corrected chi connectivity index (χ2v) is 11.1. The van der Waals surface area contributed by atoms with E-state index in [1.54, 1.807) is 4.90 Å². The van der Waals surface area contributed by atoms with Crippen molar-refractivity contribution in [2.24, 2.45) is 5.73 Å². The van der Waals surface area contributed by atoms with Crippen LogP contribution in [0.4, 0.5) is 17.5 Å². The highest BCUT2D eigenvalue weighted by molar-refractivity contribution is 5.96. The number of piperidine rings is 2. The molecule has 3 heterocycles. The van der Waals surface area contributed by atoms with Gasteiger partial charge >= 0.3 is 0 Å². The molecule has 1 aliphatic carbocycles. The van der Waals surface area contributed by atoms with Gasteiger partial charge in [-0.2, -0.15) is 4.98 Å². The molecule has 2 aromatic rings. The predicted octanol–water partition coefficient (Wildman–Crippen LogP) is 3.21. The van der Waals surface area contributed by atoms with Crippen LogP contribution >= 0.6 is 0 Å². The van der Waals surface area contributed by atoms with Crippen molar-refractivity contribution >= 4 is 29.3 Å². The number of amides is 2. The number of aromatic nitrogens is 3. The van der Waals surface area contributed by atoms with Crippen LogP contribution in [0.2, 0.25) is 0 Å². The molecule has 38 heavy (non-hydrogen) atoms. The molecule has 3 aliphatic rings. The van der Waals surface area contributed by atoms with Crippen LogP contribution in [0, 0.1) is 0 Å². The molecule has 2 saturated heterocycles. The van der Waals surface area contributed by atoms with E-state index in [9.17, 15) is 9.59 Å². The topological polar surface area (TPSA) is 129 Å². The van der Waals surface area contributed by atoms with Gasteiger partial charge in [-0.1, -0.05) is 25.6 Å². The van der Waals surface area contributed by atoms with E-state index in [-0.39, 0.29) is 40.9 Å². The Morgan fingerprint density at radius 3 is 2.45 bits per heavy atom. The Morgan fingerprint density at radius 1 is 1.11 bits per heavy atom. The molecule has 10 heteroatoms. The molecule has 1 saturated carbocycles. The maximum absolute atomic E-state index is 12.2. The molecule has 2 amide bonds. The van der Waals surface area contributed by atoms with Crippen LogP contribution in [0.15, 0.2) is 36.9 Å². The highest BCUT2D eigenvalue weighted by Crippen LogP contribution is 2.39. The van der Waals surface area contributed by atoms with Crippen molar-refractivity contribution in [1.29, 1.82) is 0 Å². The number of nitrogens with zero attached hydrogens (tertiary/aromatic N) is 5. The Morgan fingerprint density at radius 2 is 1.82 bits per heavy atom. The van der Waals surface area contributed by atoms with Crippen molar-refractivity contribution in [3.8, 4) is 0 Å². The zero-order chi connectivity index (χ0) is 26.9. The van der Waals surface area contributed by atoms with Crippen LogP contribution in [0.3, 0.4) is 0 Å². The maximum Gasteiger partial charge on any atom is 0.273 e. The smallest absolute Gasteiger partial charge is 0.273 e. The summed E-state index contributed by atoms with van der Waals surface area (Å²) in [5.74, 6) is -0.289. The summed E-state index contributed by atoms with van der Waals surface area (Å²) in [6.07, 6.45) is 8.06. The standard InChI is InChI=1S/C28H38N8O2/c1-4-23(37)36-15-5-6-22(18(36)2)31-27-32-26(24(25(29)38)33-34-27)30-20-9-7-19(8-10-20)28(3)13-16-35(17-14-28)21-11-12-21/h4,7-10,18,21-22H,1,5-6,11-17H2,2-3H3,(H2,29,38)(H2,30,31,32,34)/t18-,22-/m1/s1. The Bertz CT molecular complexity index is 1190. The van der Waals surface area contributed by atoms with E-state index >= 15 is 0 Å². The second-order valence-electron chi connectivity index (χ2n) is 11.1. The first kappa shape index (κ1) is 26.1. The molecule has 0 spiro atoms. The average Bonchev–Trinajstić information content (AvgIpc) is 3.76. The summed E-state index contributed by atoms with van der Waals surface area (Å²) in [5, 5.41) is 14.6. The van der Waals surface area contributed by atoms with Crippen LogP contribution < -0.4 is 16.4 Å². The number of benzene rings is 1. The lowest BCUT2D eigenvalue weighted by Gasteiger charge is -2.40. The quantitative estimate of drug-likeness (QED) is 0.455. The fourth-order valence-corrected chi connectivity index (χ4v) is 5.77. The molecular formula is C28H38N8O2. The number of hydrogen-bond donors (Lipinski definition) is 3. The minimum atomic E-state index is -0.709. The van der Waals surface area contributed by atoms with E-state index in [1.165, 1.54) is 24.5 Å². The van der Waals surface area contributed by atoms with Crippen molar-refractivity contribution in [1.82, 2.24) is 25.0 Å². The van der Waals surface area contributed by atoms with Crippen LogP contribution in [0.5, 0.6) is 0 Å². The van der Waals surface area contributed by atoms with Gasteiger partial charge in [0.25, 0.3) is 5.91 Å². The minimum Gasteiger partial charge on any atom is -0.364 e. The zero-order valence-electron chi connectivity index (χ0n) is 22.3. The minimum absolute atomic E-state index is 0.0285. The molecule has 2 aliphatic heterocycles. The first-order valence-electron chi connectivity index (χ1n) is 13.6. The molecule has 1 aromatic carbocycles. The van der Waals surface area contributed by atoms with Gasteiger partial charge < -0.3 is 26.2 Å². The number of carbonyl (C=O) groups excluding carboxylic acids is 2. The molecule has 2 atom stereocenters. The third kappa shape index (κ3) is 5.50. The molecule has 0 unspecified atom stereocenters. The van der Waals surface area contributed by atoms with Gasteiger partial charge in [-0.25, -0.2) is 0 Å². The van der Waals surface area contributed by atoms with Crippen LogP contribution in [-0.4, -0.2) is 74.6 Å². The van der Waals surface area contributed by atoms with Crippen LogP contribution in [0.25, 0.3) is 0 Å². The Labute approximate surface area is 224 Å². The monoisotopic (exact) mass is 518 g/mol. The lowest BCUT2D eigenvalue weighted by atomic mass is 9.74. The molecule has 0 radical (unpaired) electrons. The molecular weight excluding hydrogens is 480 g/mol. The fraction of sp³-hybridized carbons (Fsp3) is 0.536. The molecule has 1 aromatic heterocycles. The summed E-state index contributed by atoms with van der Waals surface area (Å²) in [6.45, 7) is 10.9. The molecule has 10 nitrogen and oxygen atoms in total. The number of anilines is 3. The van der Waals surface area contributed by atoms with Gasteiger partial charge in [0.2, 0.25) is 11.9 Å². The van der Waals surface area contributed by atoms with E-state index in [4.69, 9.17) is 5.73 Å². The SMILES string of the molecule is C=CC(=O)N1CCC[C@@H](Nc2nnc(C(N)=O)c(Nc3ccc(C4(C)CCN(C5CC5)CC4)cc3)n2)[C@H]1C. The fourth-order valence-electron chi connectivity index (χ4n) is 5.77. The summed E-state index contributed by atoms with van der Waals surface area (Å²) in [5.41, 5.74) is 7.81. The first-order valence-corrected chi connectivity index (χ1v) is 13.6. The van der Waals surface area contributed by atoms with Crippen molar-refractivity contribution < 1.29 is 9.59 Å². The summed E-state index contributed by atoms with van der Waals surface area (Å²) in [7, 11) is 0. The molecule has 5 rings (SSSR count). The van der Waals surface area contributed by atoms with Crippen molar-refractivity contribution in [2.45, 2.75) is 75.9 Å². The highest BCUT2D eigenvalue weighted by Gasteiger charge is 2.37. The van der Waals surface area contributed by atoms with Crippen molar-refractivity contribution in [2.75, 3.05) is 30.3 Å². The Balaban J connectivity index is 1.29. The van der Waals surface area contributed by atoms with Gasteiger partial charge in [0, 0.05) is 30.4 Å². The van der Waals surface area contributed by atoms with Gasteiger partial charge in [0.05, 0.1) is 0 Å².